The van der Waals surface area contributed by atoms with Gasteiger partial charge in [0.2, 0.25) is 10.0 Å². The van der Waals surface area contributed by atoms with Crippen molar-refractivity contribution in [1.29, 1.82) is 0 Å². The Hall–Kier alpha value is -0.920. The molecule has 0 aromatic carbocycles. The molecule has 1 aromatic heterocycles. The highest BCUT2D eigenvalue weighted by Gasteiger charge is 2.36. The molecule has 3 N–H and O–H groups in total. The van der Waals surface area contributed by atoms with E-state index in [1.54, 1.807) is 10.9 Å². The summed E-state index contributed by atoms with van der Waals surface area (Å²) in [6, 6.07) is 0.0902. The molecule has 0 bridgehead atoms. The van der Waals surface area contributed by atoms with Crippen molar-refractivity contribution >= 4 is 10.0 Å². The summed E-state index contributed by atoms with van der Waals surface area (Å²) in [5, 5.41) is 4.01. The second-order valence-electron chi connectivity index (χ2n) is 4.52. The Morgan fingerprint density at radius 2 is 2.35 bits per heavy atom. The van der Waals surface area contributed by atoms with E-state index >= 15 is 0 Å². The van der Waals surface area contributed by atoms with Crippen molar-refractivity contribution in [2.24, 2.45) is 11.7 Å². The molecule has 1 aromatic rings. The highest BCUT2D eigenvalue weighted by molar-refractivity contribution is 7.89. The second kappa shape index (κ2) is 4.75. The Kier molecular flexibility index (Phi) is 3.50. The molecule has 1 saturated carbocycles. The van der Waals surface area contributed by atoms with E-state index in [2.05, 4.69) is 9.82 Å². The summed E-state index contributed by atoms with van der Waals surface area (Å²) in [6.45, 7) is 3.24. The average molecular weight is 258 g/mol. The Balaban J connectivity index is 2.02. The molecule has 0 radical (unpaired) electrons. The van der Waals surface area contributed by atoms with Gasteiger partial charge in [0.15, 0.2) is 0 Å². The van der Waals surface area contributed by atoms with E-state index in [0.717, 1.165) is 12.8 Å². The van der Waals surface area contributed by atoms with Crippen LogP contribution >= 0.6 is 0 Å². The minimum absolute atomic E-state index is 0.0902. The highest BCUT2D eigenvalue weighted by atomic mass is 32.2. The van der Waals surface area contributed by atoms with Crippen molar-refractivity contribution in [2.75, 3.05) is 6.54 Å². The van der Waals surface area contributed by atoms with Gasteiger partial charge in [0.05, 0.1) is 6.20 Å². The van der Waals surface area contributed by atoms with Gasteiger partial charge < -0.3 is 5.73 Å². The third kappa shape index (κ3) is 3.05. The fraction of sp³-hybridized carbons (Fsp3) is 0.700. The molecule has 0 aliphatic heterocycles. The van der Waals surface area contributed by atoms with Gasteiger partial charge in [-0.05, 0) is 25.3 Å². The molecular formula is C10H18N4O2S. The maximum Gasteiger partial charge on any atom is 0.243 e. The zero-order valence-electron chi connectivity index (χ0n) is 9.83. The summed E-state index contributed by atoms with van der Waals surface area (Å²) in [5.74, 6) is 0.442. The zero-order valence-corrected chi connectivity index (χ0v) is 10.7. The molecule has 7 heteroatoms. The topological polar surface area (TPSA) is 90.0 Å². The monoisotopic (exact) mass is 258 g/mol. The largest absolute Gasteiger partial charge is 0.330 e. The summed E-state index contributed by atoms with van der Waals surface area (Å²) >= 11 is 0. The fourth-order valence-electron chi connectivity index (χ4n) is 1.61. The van der Waals surface area contributed by atoms with Gasteiger partial charge in [-0.3, -0.25) is 4.68 Å². The molecule has 1 heterocycles. The first kappa shape index (κ1) is 12.5. The minimum Gasteiger partial charge on any atom is -0.330 e. The minimum atomic E-state index is -3.40. The molecule has 1 aliphatic carbocycles. The van der Waals surface area contributed by atoms with Crippen LogP contribution in [-0.4, -0.2) is 30.8 Å². The molecule has 0 amide bonds. The molecule has 0 spiro atoms. The highest BCUT2D eigenvalue weighted by Crippen LogP contribution is 2.30. The van der Waals surface area contributed by atoms with Crippen LogP contribution in [0, 0.1) is 5.92 Å². The Labute approximate surface area is 101 Å². The Morgan fingerprint density at radius 1 is 1.65 bits per heavy atom. The van der Waals surface area contributed by atoms with Crippen molar-refractivity contribution < 1.29 is 8.42 Å². The van der Waals surface area contributed by atoms with Crippen LogP contribution < -0.4 is 10.5 Å². The van der Waals surface area contributed by atoms with Crippen molar-refractivity contribution in [3.05, 3.63) is 12.4 Å². The van der Waals surface area contributed by atoms with E-state index in [9.17, 15) is 8.42 Å². The van der Waals surface area contributed by atoms with Crippen LogP contribution in [0.5, 0.6) is 0 Å². The van der Waals surface area contributed by atoms with Crippen LogP contribution in [0.4, 0.5) is 0 Å². The van der Waals surface area contributed by atoms with Crippen LogP contribution in [0.15, 0.2) is 17.3 Å². The first-order valence-electron chi connectivity index (χ1n) is 5.78. The van der Waals surface area contributed by atoms with Crippen LogP contribution in [-0.2, 0) is 16.6 Å². The second-order valence-corrected chi connectivity index (χ2v) is 6.24. The molecule has 1 aliphatic rings. The van der Waals surface area contributed by atoms with Crippen LogP contribution in [0.25, 0.3) is 0 Å². The van der Waals surface area contributed by atoms with Gasteiger partial charge in [-0.1, -0.05) is 6.92 Å². The van der Waals surface area contributed by atoms with Crippen molar-refractivity contribution in [3.63, 3.8) is 0 Å². The molecule has 6 nitrogen and oxygen atoms in total. The zero-order chi connectivity index (χ0) is 12.5. The van der Waals surface area contributed by atoms with Gasteiger partial charge in [-0.15, -0.1) is 0 Å². The van der Waals surface area contributed by atoms with Gasteiger partial charge in [0, 0.05) is 18.8 Å². The number of sulfonamides is 1. The van der Waals surface area contributed by atoms with Crippen LogP contribution in [0.2, 0.25) is 0 Å². The molecule has 96 valence electrons. The molecule has 1 fully saturated rings. The maximum absolute atomic E-state index is 11.9. The molecule has 2 atom stereocenters. The number of aryl methyl sites for hydroxylation is 1. The first-order chi connectivity index (χ1) is 8.03. The lowest BCUT2D eigenvalue weighted by molar-refractivity contribution is 0.574. The SMILES string of the molecule is CC1CC1NS(=O)(=O)c1cnn(CCCN)c1. The summed E-state index contributed by atoms with van der Waals surface area (Å²) in [5.41, 5.74) is 5.39. The number of aromatic nitrogens is 2. The van der Waals surface area contributed by atoms with E-state index in [1.807, 2.05) is 6.92 Å². The van der Waals surface area contributed by atoms with Crippen molar-refractivity contribution in [2.45, 2.75) is 37.2 Å². The normalized spacial score (nSPS) is 23.9. The Morgan fingerprint density at radius 3 is 2.94 bits per heavy atom. The standard InChI is InChI=1S/C10H18N4O2S/c1-8-5-10(8)13-17(15,16)9-6-12-14(7-9)4-2-3-11/h6-8,10,13H,2-5,11H2,1H3. The summed E-state index contributed by atoms with van der Waals surface area (Å²) in [6.07, 6.45) is 4.63. The van der Waals surface area contributed by atoms with Crippen molar-refractivity contribution in [1.82, 2.24) is 14.5 Å². The molecular weight excluding hydrogens is 240 g/mol. The average Bonchev–Trinajstić information content (AvgIpc) is 2.81. The summed E-state index contributed by atoms with van der Waals surface area (Å²) in [7, 11) is -3.40. The predicted octanol–water partition coefficient (Wildman–Crippen LogP) is -0.0814. The van der Waals surface area contributed by atoms with Crippen LogP contribution in [0.1, 0.15) is 19.8 Å². The first-order valence-corrected chi connectivity index (χ1v) is 7.26. The van der Waals surface area contributed by atoms with Gasteiger partial charge in [-0.25, -0.2) is 13.1 Å². The lowest BCUT2D eigenvalue weighted by Gasteiger charge is -2.02. The number of hydrogen-bond acceptors (Lipinski definition) is 4. The van der Waals surface area contributed by atoms with Gasteiger partial charge in [-0.2, -0.15) is 5.10 Å². The number of nitrogens with one attached hydrogen (secondary N) is 1. The van der Waals surface area contributed by atoms with Crippen molar-refractivity contribution in [3.8, 4) is 0 Å². The van der Waals surface area contributed by atoms with Gasteiger partial charge >= 0.3 is 0 Å². The maximum atomic E-state index is 11.9. The Bertz CT molecular complexity index is 482. The number of hydrogen-bond donors (Lipinski definition) is 2. The van der Waals surface area contributed by atoms with E-state index in [1.165, 1.54) is 6.20 Å². The smallest absolute Gasteiger partial charge is 0.243 e. The lowest BCUT2D eigenvalue weighted by Crippen LogP contribution is -2.26. The summed E-state index contributed by atoms with van der Waals surface area (Å²) in [4.78, 5) is 0.230. The van der Waals surface area contributed by atoms with E-state index < -0.39 is 10.0 Å². The third-order valence-electron chi connectivity index (χ3n) is 2.93. The lowest BCUT2D eigenvalue weighted by atomic mass is 10.4. The quantitative estimate of drug-likeness (QED) is 0.746. The molecule has 17 heavy (non-hydrogen) atoms. The third-order valence-corrected chi connectivity index (χ3v) is 4.37. The van der Waals surface area contributed by atoms with Gasteiger partial charge in [0.1, 0.15) is 4.90 Å². The molecule has 2 rings (SSSR count). The van der Waals surface area contributed by atoms with E-state index in [-0.39, 0.29) is 10.9 Å². The molecule has 2 unspecified atom stereocenters. The number of rotatable bonds is 6. The number of nitrogens with zero attached hydrogens (tertiary/aromatic N) is 2. The van der Waals surface area contributed by atoms with Crippen LogP contribution in [0.3, 0.4) is 0 Å². The fourth-order valence-corrected chi connectivity index (χ4v) is 2.92. The van der Waals surface area contributed by atoms with E-state index in [0.29, 0.717) is 19.0 Å². The number of nitrogens with two attached hydrogens (primary N) is 1. The van der Waals surface area contributed by atoms with E-state index in [4.69, 9.17) is 5.73 Å². The van der Waals surface area contributed by atoms with Gasteiger partial charge in [0.25, 0.3) is 0 Å². The summed E-state index contributed by atoms with van der Waals surface area (Å²) < 4.78 is 28.1. The predicted molar refractivity (Wildman–Crippen MR) is 63.8 cm³/mol. The molecule has 0 saturated heterocycles.